The number of hydrogen-bond donors (Lipinski definition) is 0. The van der Waals surface area contributed by atoms with E-state index in [-0.39, 0.29) is 12.0 Å². The van der Waals surface area contributed by atoms with Crippen LogP contribution in [0, 0.1) is 24.5 Å². The van der Waals surface area contributed by atoms with Gasteiger partial charge in [-0.2, -0.15) is 0 Å². The lowest BCUT2D eigenvalue weighted by molar-refractivity contribution is 0.137. The Morgan fingerprint density at radius 1 is 1.17 bits per heavy atom. The molecule has 0 atom stereocenters. The molecule has 0 radical (unpaired) electrons. The number of aromatic nitrogens is 1. The number of pyridine rings is 1. The summed E-state index contributed by atoms with van der Waals surface area (Å²) in [6, 6.07) is 7.11. The molecule has 0 spiro atoms. The number of ether oxygens (including phenoxy) is 1. The number of carbonyl (C=O) groups excluding carboxylic acids is 1. The lowest BCUT2D eigenvalue weighted by Gasteiger charge is -2.31. The van der Waals surface area contributed by atoms with E-state index >= 15 is 0 Å². The highest BCUT2D eigenvalue weighted by Gasteiger charge is 2.29. The fraction of sp³-hybridized carbons (Fsp3) is 0.333. The number of nitrogens with zero attached hydrogens (tertiary/aromatic N) is 4. The van der Waals surface area contributed by atoms with Gasteiger partial charge < -0.3 is 9.64 Å². The summed E-state index contributed by atoms with van der Waals surface area (Å²) in [6.07, 6.45) is 2.77. The summed E-state index contributed by atoms with van der Waals surface area (Å²) >= 11 is 0. The van der Waals surface area contributed by atoms with Crippen molar-refractivity contribution in [3.8, 4) is 5.75 Å². The van der Waals surface area contributed by atoms with Crippen molar-refractivity contribution in [3.63, 3.8) is 0 Å². The fourth-order valence-corrected chi connectivity index (χ4v) is 3.51. The Labute approximate surface area is 167 Å². The van der Waals surface area contributed by atoms with E-state index in [2.05, 4.69) is 15.0 Å². The van der Waals surface area contributed by atoms with E-state index in [1.807, 2.05) is 0 Å². The molecule has 6 nitrogen and oxygen atoms in total. The third kappa shape index (κ3) is 4.16. The Morgan fingerprint density at radius 2 is 1.97 bits per heavy atom. The van der Waals surface area contributed by atoms with Crippen molar-refractivity contribution in [3.05, 3.63) is 59.4 Å². The number of rotatable bonds is 3. The third-order valence-electron chi connectivity index (χ3n) is 5.20. The van der Waals surface area contributed by atoms with Crippen LogP contribution in [0.25, 0.3) is 0 Å². The molecule has 0 unspecified atom stereocenters. The number of amidine groups is 1. The summed E-state index contributed by atoms with van der Waals surface area (Å²) in [5.41, 5.74) is 2.05. The summed E-state index contributed by atoms with van der Waals surface area (Å²) in [4.78, 5) is 27.1. The number of amides is 1. The van der Waals surface area contributed by atoms with Crippen LogP contribution in [0.15, 0.2) is 46.5 Å². The topological polar surface area (TPSA) is 67.2 Å². The fourth-order valence-electron chi connectivity index (χ4n) is 3.51. The molecule has 1 aromatic heterocycles. The second kappa shape index (κ2) is 8.06. The maximum Gasteiger partial charge on any atom is 0.415 e. The van der Waals surface area contributed by atoms with E-state index < -0.39 is 11.6 Å². The first kappa shape index (κ1) is 19.2. The van der Waals surface area contributed by atoms with Gasteiger partial charge in [-0.15, -0.1) is 0 Å². The first-order chi connectivity index (χ1) is 14.0. The van der Waals surface area contributed by atoms with Gasteiger partial charge in [0.15, 0.2) is 23.2 Å². The number of halogens is 2. The molecule has 1 amide bonds. The molecule has 2 aliphatic heterocycles. The van der Waals surface area contributed by atoms with Crippen LogP contribution in [0.4, 0.5) is 13.6 Å². The van der Waals surface area contributed by atoms with Gasteiger partial charge in [0.05, 0.1) is 12.2 Å². The van der Waals surface area contributed by atoms with Crippen LogP contribution >= 0.6 is 0 Å². The van der Waals surface area contributed by atoms with Crippen molar-refractivity contribution < 1.29 is 18.3 Å². The highest BCUT2D eigenvalue weighted by Crippen LogP contribution is 2.24. The molecule has 1 saturated heterocycles. The van der Waals surface area contributed by atoms with Crippen molar-refractivity contribution in [2.24, 2.45) is 15.9 Å². The van der Waals surface area contributed by atoms with Gasteiger partial charge >= 0.3 is 6.09 Å². The Morgan fingerprint density at radius 3 is 2.69 bits per heavy atom. The standard InChI is InChI=1S/C21H20F2N4O2/c1-13-19(3-2-8-24-13)29-21(28)27-9-6-14(7-10-27)18-12-25-20(26-18)15-4-5-16(22)17(23)11-15/h2-5,8,11,14H,6-7,9-10,12H2,1H3. The van der Waals surface area contributed by atoms with Crippen molar-refractivity contribution in [1.29, 1.82) is 0 Å². The third-order valence-corrected chi connectivity index (χ3v) is 5.20. The molecule has 0 saturated carbocycles. The van der Waals surface area contributed by atoms with Crippen molar-refractivity contribution in [1.82, 2.24) is 9.88 Å². The summed E-state index contributed by atoms with van der Waals surface area (Å²) in [5.74, 6) is -0.718. The number of hydrogen-bond acceptors (Lipinski definition) is 5. The summed E-state index contributed by atoms with van der Waals surface area (Å²) < 4.78 is 32.0. The van der Waals surface area contributed by atoms with E-state index in [4.69, 9.17) is 4.74 Å². The van der Waals surface area contributed by atoms with Crippen LogP contribution in [0.2, 0.25) is 0 Å². The minimum absolute atomic E-state index is 0.200. The molecule has 4 rings (SSSR count). The molecular formula is C21H20F2N4O2. The van der Waals surface area contributed by atoms with E-state index in [9.17, 15) is 13.6 Å². The monoisotopic (exact) mass is 398 g/mol. The number of aliphatic imine (C=N–C) groups is 2. The first-order valence-electron chi connectivity index (χ1n) is 9.47. The molecule has 150 valence electrons. The Hall–Kier alpha value is -3.16. The van der Waals surface area contributed by atoms with Crippen molar-refractivity contribution in [2.75, 3.05) is 19.6 Å². The van der Waals surface area contributed by atoms with Crippen LogP contribution in [-0.2, 0) is 0 Å². The minimum atomic E-state index is -0.912. The Bertz CT molecular complexity index is 998. The average molecular weight is 398 g/mol. The number of aryl methyl sites for hydroxylation is 1. The molecule has 1 fully saturated rings. The van der Waals surface area contributed by atoms with Crippen molar-refractivity contribution >= 4 is 17.6 Å². The zero-order chi connectivity index (χ0) is 20.4. The van der Waals surface area contributed by atoms with Crippen LogP contribution in [0.1, 0.15) is 24.1 Å². The maximum absolute atomic E-state index is 13.5. The van der Waals surface area contributed by atoms with Crippen LogP contribution in [-0.4, -0.2) is 47.2 Å². The highest BCUT2D eigenvalue weighted by molar-refractivity contribution is 6.12. The lowest BCUT2D eigenvalue weighted by Crippen LogP contribution is -2.42. The van der Waals surface area contributed by atoms with Gasteiger partial charge in [0, 0.05) is 36.5 Å². The molecule has 3 heterocycles. The second-order valence-corrected chi connectivity index (χ2v) is 7.09. The number of benzene rings is 1. The molecule has 0 bridgehead atoms. The smallest absolute Gasteiger partial charge is 0.408 e. The molecule has 0 N–H and O–H groups in total. The quantitative estimate of drug-likeness (QED) is 0.790. The Kier molecular flexibility index (Phi) is 5.33. The number of likely N-dealkylation sites (tertiary alicyclic amines) is 1. The zero-order valence-corrected chi connectivity index (χ0v) is 15.9. The SMILES string of the molecule is Cc1ncccc1OC(=O)N1CCC(C2=NC(c3ccc(F)c(F)c3)=NC2)CC1. The Balaban J connectivity index is 1.34. The number of carbonyl (C=O) groups is 1. The van der Waals surface area contributed by atoms with E-state index in [0.29, 0.717) is 42.5 Å². The molecular weight excluding hydrogens is 378 g/mol. The summed E-state index contributed by atoms with van der Waals surface area (Å²) in [5, 5.41) is 0. The predicted octanol–water partition coefficient (Wildman–Crippen LogP) is 3.78. The zero-order valence-electron chi connectivity index (χ0n) is 15.9. The van der Waals surface area contributed by atoms with E-state index in [1.54, 1.807) is 30.2 Å². The van der Waals surface area contributed by atoms with Crippen LogP contribution in [0.5, 0.6) is 5.75 Å². The predicted molar refractivity (Wildman–Crippen MR) is 104 cm³/mol. The molecule has 2 aromatic rings. The van der Waals surface area contributed by atoms with Crippen LogP contribution in [0.3, 0.4) is 0 Å². The number of piperidine rings is 1. The molecule has 0 aliphatic carbocycles. The van der Waals surface area contributed by atoms with E-state index in [1.165, 1.54) is 6.07 Å². The van der Waals surface area contributed by atoms with Gasteiger partial charge in [-0.3, -0.25) is 9.98 Å². The van der Waals surface area contributed by atoms with Gasteiger partial charge in [0.2, 0.25) is 0 Å². The molecule has 2 aliphatic rings. The van der Waals surface area contributed by atoms with Crippen molar-refractivity contribution in [2.45, 2.75) is 19.8 Å². The molecule has 8 heteroatoms. The maximum atomic E-state index is 13.5. The van der Waals surface area contributed by atoms with Gasteiger partial charge in [0.25, 0.3) is 0 Å². The van der Waals surface area contributed by atoms with Crippen LogP contribution < -0.4 is 4.74 Å². The molecule has 1 aromatic carbocycles. The lowest BCUT2D eigenvalue weighted by atomic mass is 9.92. The summed E-state index contributed by atoms with van der Waals surface area (Å²) in [7, 11) is 0. The molecule has 29 heavy (non-hydrogen) atoms. The second-order valence-electron chi connectivity index (χ2n) is 7.09. The highest BCUT2D eigenvalue weighted by atomic mass is 19.2. The van der Waals surface area contributed by atoms with Gasteiger partial charge in [-0.25, -0.2) is 18.6 Å². The average Bonchev–Trinajstić information content (AvgIpc) is 3.22. The van der Waals surface area contributed by atoms with Gasteiger partial charge in [-0.05, 0) is 50.1 Å². The normalized spacial score (nSPS) is 17.1. The first-order valence-corrected chi connectivity index (χ1v) is 9.47. The largest absolute Gasteiger partial charge is 0.415 e. The van der Waals surface area contributed by atoms with E-state index in [0.717, 1.165) is 30.7 Å². The van der Waals surface area contributed by atoms with Gasteiger partial charge in [-0.1, -0.05) is 0 Å². The summed E-state index contributed by atoms with van der Waals surface area (Å²) in [6.45, 7) is 3.35. The minimum Gasteiger partial charge on any atom is -0.408 e. The van der Waals surface area contributed by atoms with Gasteiger partial charge in [0.1, 0.15) is 0 Å².